The molecule has 2 fully saturated rings. The molecule has 0 spiro atoms. The van der Waals surface area contributed by atoms with Crippen molar-refractivity contribution in [2.24, 2.45) is 0 Å². The van der Waals surface area contributed by atoms with Gasteiger partial charge in [-0.3, -0.25) is 0 Å². The summed E-state index contributed by atoms with van der Waals surface area (Å²) < 4.78 is 2.37. The van der Waals surface area contributed by atoms with E-state index in [1.807, 2.05) is 6.33 Å². The standard InChI is InChI=1S/C13H22N4/c1-13(6-8-14-9-7-13)12-16-15-10-17(12)11-4-2-3-5-11/h10-11,14H,2-9H2,1H3. The summed E-state index contributed by atoms with van der Waals surface area (Å²) in [6, 6.07) is 0.659. The minimum Gasteiger partial charge on any atom is -0.317 e. The van der Waals surface area contributed by atoms with Crippen molar-refractivity contribution in [1.82, 2.24) is 20.1 Å². The monoisotopic (exact) mass is 234 g/mol. The number of hydrogen-bond acceptors (Lipinski definition) is 3. The van der Waals surface area contributed by atoms with Crippen molar-refractivity contribution in [2.45, 2.75) is 56.9 Å². The Kier molecular flexibility index (Phi) is 2.90. The van der Waals surface area contributed by atoms with Gasteiger partial charge in [0.1, 0.15) is 12.2 Å². The van der Waals surface area contributed by atoms with Gasteiger partial charge in [-0.15, -0.1) is 10.2 Å². The molecule has 0 aromatic carbocycles. The van der Waals surface area contributed by atoms with Crippen molar-refractivity contribution in [3.05, 3.63) is 12.2 Å². The largest absolute Gasteiger partial charge is 0.317 e. The molecule has 1 aliphatic carbocycles. The number of nitrogens with one attached hydrogen (secondary N) is 1. The molecule has 2 heterocycles. The lowest BCUT2D eigenvalue weighted by Gasteiger charge is -2.34. The maximum atomic E-state index is 4.44. The predicted octanol–water partition coefficient (Wildman–Crippen LogP) is 2.03. The SMILES string of the molecule is CC1(c2nncn2C2CCCC2)CCNCC1. The molecular formula is C13H22N4. The zero-order valence-corrected chi connectivity index (χ0v) is 10.7. The van der Waals surface area contributed by atoms with Crippen molar-refractivity contribution in [2.75, 3.05) is 13.1 Å². The first-order valence-corrected chi connectivity index (χ1v) is 6.90. The first-order chi connectivity index (χ1) is 8.30. The van der Waals surface area contributed by atoms with Crippen LogP contribution in [0.3, 0.4) is 0 Å². The summed E-state index contributed by atoms with van der Waals surface area (Å²) in [5.74, 6) is 1.23. The van der Waals surface area contributed by atoms with Crippen molar-refractivity contribution in [3.63, 3.8) is 0 Å². The van der Waals surface area contributed by atoms with Crippen LogP contribution in [0.25, 0.3) is 0 Å². The minimum absolute atomic E-state index is 0.227. The average Bonchev–Trinajstić information content (AvgIpc) is 3.01. The van der Waals surface area contributed by atoms with Crippen LogP contribution < -0.4 is 5.32 Å². The summed E-state index contributed by atoms with van der Waals surface area (Å²) >= 11 is 0. The molecule has 3 rings (SSSR count). The summed E-state index contributed by atoms with van der Waals surface area (Å²) in [5, 5.41) is 12.1. The molecule has 1 saturated carbocycles. The average molecular weight is 234 g/mol. The number of hydrogen-bond donors (Lipinski definition) is 1. The van der Waals surface area contributed by atoms with Crippen LogP contribution in [0.1, 0.15) is 57.3 Å². The van der Waals surface area contributed by atoms with E-state index >= 15 is 0 Å². The number of rotatable bonds is 2. The highest BCUT2D eigenvalue weighted by Gasteiger charge is 2.35. The van der Waals surface area contributed by atoms with Crippen LogP contribution in [0.5, 0.6) is 0 Å². The number of nitrogens with zero attached hydrogens (tertiary/aromatic N) is 3. The molecule has 1 aromatic rings. The van der Waals surface area contributed by atoms with Crippen molar-refractivity contribution < 1.29 is 0 Å². The van der Waals surface area contributed by atoms with Crippen LogP contribution in [0.2, 0.25) is 0 Å². The third kappa shape index (κ3) is 1.99. The van der Waals surface area contributed by atoms with E-state index in [4.69, 9.17) is 0 Å². The number of piperidine rings is 1. The molecule has 0 amide bonds. The second-order valence-electron chi connectivity index (χ2n) is 5.81. The van der Waals surface area contributed by atoms with Crippen LogP contribution >= 0.6 is 0 Å². The van der Waals surface area contributed by atoms with Gasteiger partial charge < -0.3 is 9.88 Å². The molecule has 2 aliphatic rings. The fraction of sp³-hybridized carbons (Fsp3) is 0.846. The molecule has 1 aliphatic heterocycles. The Bertz CT molecular complexity index is 373. The Hall–Kier alpha value is -0.900. The normalized spacial score (nSPS) is 25.2. The Morgan fingerprint density at radius 1 is 1.29 bits per heavy atom. The molecule has 4 nitrogen and oxygen atoms in total. The second-order valence-corrected chi connectivity index (χ2v) is 5.81. The Morgan fingerprint density at radius 3 is 2.71 bits per heavy atom. The van der Waals surface area contributed by atoms with Gasteiger partial charge in [-0.2, -0.15) is 0 Å². The van der Waals surface area contributed by atoms with E-state index in [9.17, 15) is 0 Å². The Morgan fingerprint density at radius 2 is 2.00 bits per heavy atom. The van der Waals surface area contributed by atoms with Gasteiger partial charge in [-0.05, 0) is 38.8 Å². The topological polar surface area (TPSA) is 42.7 Å². The smallest absolute Gasteiger partial charge is 0.139 e. The highest BCUT2D eigenvalue weighted by atomic mass is 15.3. The molecule has 0 unspecified atom stereocenters. The molecule has 0 atom stereocenters. The fourth-order valence-electron chi connectivity index (χ4n) is 3.33. The van der Waals surface area contributed by atoms with Gasteiger partial charge in [0.2, 0.25) is 0 Å². The van der Waals surface area contributed by atoms with Gasteiger partial charge in [-0.1, -0.05) is 19.8 Å². The molecule has 1 N–H and O–H groups in total. The molecular weight excluding hydrogens is 212 g/mol. The fourth-order valence-corrected chi connectivity index (χ4v) is 3.33. The Labute approximate surface area is 103 Å². The van der Waals surface area contributed by atoms with Crippen LogP contribution in [0, 0.1) is 0 Å². The van der Waals surface area contributed by atoms with E-state index < -0.39 is 0 Å². The van der Waals surface area contributed by atoms with E-state index in [1.165, 1.54) is 44.3 Å². The van der Waals surface area contributed by atoms with E-state index in [-0.39, 0.29) is 5.41 Å². The molecule has 0 bridgehead atoms. The van der Waals surface area contributed by atoms with E-state index in [0.29, 0.717) is 6.04 Å². The molecule has 1 saturated heterocycles. The zero-order chi connectivity index (χ0) is 11.7. The molecule has 94 valence electrons. The summed E-state index contributed by atoms with van der Waals surface area (Å²) in [5.41, 5.74) is 0.227. The summed E-state index contributed by atoms with van der Waals surface area (Å²) in [7, 11) is 0. The van der Waals surface area contributed by atoms with Crippen molar-refractivity contribution in [1.29, 1.82) is 0 Å². The van der Waals surface area contributed by atoms with Gasteiger partial charge in [-0.25, -0.2) is 0 Å². The first kappa shape index (κ1) is 11.2. The minimum atomic E-state index is 0.227. The lowest BCUT2D eigenvalue weighted by molar-refractivity contribution is 0.298. The maximum Gasteiger partial charge on any atom is 0.139 e. The van der Waals surface area contributed by atoms with Gasteiger partial charge in [0.05, 0.1) is 0 Å². The van der Waals surface area contributed by atoms with E-state index in [1.54, 1.807) is 0 Å². The lowest BCUT2D eigenvalue weighted by atomic mass is 9.80. The van der Waals surface area contributed by atoms with E-state index in [0.717, 1.165) is 13.1 Å². The van der Waals surface area contributed by atoms with Gasteiger partial charge in [0, 0.05) is 11.5 Å². The van der Waals surface area contributed by atoms with Crippen LogP contribution in [0.4, 0.5) is 0 Å². The zero-order valence-electron chi connectivity index (χ0n) is 10.7. The van der Waals surface area contributed by atoms with Gasteiger partial charge in [0.15, 0.2) is 0 Å². The number of aromatic nitrogens is 3. The molecule has 17 heavy (non-hydrogen) atoms. The predicted molar refractivity (Wildman–Crippen MR) is 67.0 cm³/mol. The first-order valence-electron chi connectivity index (χ1n) is 6.90. The highest BCUT2D eigenvalue weighted by molar-refractivity contribution is 5.09. The van der Waals surface area contributed by atoms with Crippen LogP contribution in [0.15, 0.2) is 6.33 Å². The van der Waals surface area contributed by atoms with Gasteiger partial charge >= 0.3 is 0 Å². The molecule has 0 radical (unpaired) electrons. The Balaban J connectivity index is 1.89. The summed E-state index contributed by atoms with van der Waals surface area (Å²) in [6.07, 6.45) is 9.65. The van der Waals surface area contributed by atoms with Gasteiger partial charge in [0.25, 0.3) is 0 Å². The second kappa shape index (κ2) is 4.41. The van der Waals surface area contributed by atoms with Crippen LogP contribution in [-0.2, 0) is 5.41 Å². The third-order valence-corrected chi connectivity index (χ3v) is 4.54. The van der Waals surface area contributed by atoms with Crippen LogP contribution in [-0.4, -0.2) is 27.9 Å². The van der Waals surface area contributed by atoms with Crippen molar-refractivity contribution >= 4 is 0 Å². The van der Waals surface area contributed by atoms with E-state index in [2.05, 4.69) is 27.0 Å². The lowest BCUT2D eigenvalue weighted by Crippen LogP contribution is -2.39. The summed E-state index contributed by atoms with van der Waals surface area (Å²) in [6.45, 7) is 4.56. The third-order valence-electron chi connectivity index (χ3n) is 4.54. The van der Waals surface area contributed by atoms with Crippen molar-refractivity contribution in [3.8, 4) is 0 Å². The summed E-state index contributed by atoms with van der Waals surface area (Å²) in [4.78, 5) is 0. The maximum absolute atomic E-state index is 4.44. The highest BCUT2D eigenvalue weighted by Crippen LogP contribution is 2.36. The molecule has 1 aromatic heterocycles. The molecule has 4 heteroatoms. The quantitative estimate of drug-likeness (QED) is 0.851.